The van der Waals surface area contributed by atoms with Crippen LogP contribution >= 0.6 is 0 Å². The molecular weight excluding hydrogens is 366 g/mol. The number of carbonyl (C=O) groups excluding carboxylic acids is 1. The van der Waals surface area contributed by atoms with Gasteiger partial charge in [-0.25, -0.2) is 9.67 Å². The molecule has 2 aromatic heterocycles. The van der Waals surface area contributed by atoms with Gasteiger partial charge in [-0.3, -0.25) is 4.79 Å². The van der Waals surface area contributed by atoms with E-state index in [0.29, 0.717) is 19.6 Å². The van der Waals surface area contributed by atoms with Gasteiger partial charge in [0.25, 0.3) is 5.91 Å². The maximum Gasteiger partial charge on any atom is 0.253 e. The standard InChI is InChI=1S/C22H25N5O2/c1-14-11-17-12-15(4-5-19(17)29-14)22(28)26-9-6-16(13-26)20-18-3-2-8-24-21(18)27(25-20)10-7-23/h2-5,8,12,14,16H,6-7,9-11,13,23H2,1H3/t14-,16+/m1/s1. The van der Waals surface area contributed by atoms with Gasteiger partial charge in [0.05, 0.1) is 12.2 Å². The first-order chi connectivity index (χ1) is 14.1. The van der Waals surface area contributed by atoms with Gasteiger partial charge in [-0.05, 0) is 49.2 Å². The molecule has 1 saturated heterocycles. The number of aromatic nitrogens is 3. The normalized spacial score (nSPS) is 20.8. The van der Waals surface area contributed by atoms with Gasteiger partial charge < -0.3 is 15.4 Å². The van der Waals surface area contributed by atoms with E-state index >= 15 is 0 Å². The fourth-order valence-corrected chi connectivity index (χ4v) is 4.52. The Kier molecular flexibility index (Phi) is 4.47. The molecule has 4 heterocycles. The number of fused-ring (bicyclic) bond motifs is 2. The summed E-state index contributed by atoms with van der Waals surface area (Å²) >= 11 is 0. The molecule has 0 bridgehead atoms. The highest BCUT2D eigenvalue weighted by Gasteiger charge is 2.32. The number of hydrogen-bond acceptors (Lipinski definition) is 5. The molecular formula is C22H25N5O2. The van der Waals surface area contributed by atoms with Gasteiger partial charge in [0, 0.05) is 49.1 Å². The highest BCUT2D eigenvalue weighted by molar-refractivity contribution is 5.95. The molecule has 1 fully saturated rings. The summed E-state index contributed by atoms with van der Waals surface area (Å²) in [4.78, 5) is 19.5. The lowest BCUT2D eigenvalue weighted by Gasteiger charge is -2.16. The molecule has 2 aliphatic rings. The smallest absolute Gasteiger partial charge is 0.253 e. The van der Waals surface area contributed by atoms with Crippen molar-refractivity contribution in [3.63, 3.8) is 0 Å². The van der Waals surface area contributed by atoms with Crippen molar-refractivity contribution < 1.29 is 9.53 Å². The van der Waals surface area contributed by atoms with Crippen LogP contribution in [0.4, 0.5) is 0 Å². The maximum atomic E-state index is 13.1. The molecule has 7 heteroatoms. The quantitative estimate of drug-likeness (QED) is 0.738. The van der Waals surface area contributed by atoms with Crippen LogP contribution in [0.15, 0.2) is 36.5 Å². The minimum absolute atomic E-state index is 0.0821. The van der Waals surface area contributed by atoms with E-state index in [0.717, 1.165) is 53.0 Å². The number of likely N-dealkylation sites (tertiary alicyclic amines) is 1. The fourth-order valence-electron chi connectivity index (χ4n) is 4.52. The molecule has 2 atom stereocenters. The predicted octanol–water partition coefficient (Wildman–Crippen LogP) is 2.34. The van der Waals surface area contributed by atoms with E-state index in [4.69, 9.17) is 15.6 Å². The summed E-state index contributed by atoms with van der Waals surface area (Å²) in [6, 6.07) is 9.79. The van der Waals surface area contributed by atoms with E-state index in [-0.39, 0.29) is 17.9 Å². The number of nitrogens with zero attached hydrogens (tertiary/aromatic N) is 4. The summed E-state index contributed by atoms with van der Waals surface area (Å²) in [6.07, 6.45) is 3.72. The Labute approximate surface area is 169 Å². The third kappa shape index (κ3) is 3.15. The number of carbonyl (C=O) groups is 1. The minimum Gasteiger partial charge on any atom is -0.490 e. The number of ether oxygens (including phenoxy) is 1. The number of hydrogen-bond donors (Lipinski definition) is 1. The first-order valence-electron chi connectivity index (χ1n) is 10.2. The highest BCUT2D eigenvalue weighted by Crippen LogP contribution is 2.33. The average Bonchev–Trinajstić information content (AvgIpc) is 3.43. The molecule has 3 aromatic rings. The summed E-state index contributed by atoms with van der Waals surface area (Å²) < 4.78 is 7.64. The largest absolute Gasteiger partial charge is 0.490 e. The van der Waals surface area contributed by atoms with Crippen LogP contribution < -0.4 is 10.5 Å². The van der Waals surface area contributed by atoms with Crippen LogP contribution in [0.5, 0.6) is 5.75 Å². The number of nitrogens with two attached hydrogens (primary N) is 1. The van der Waals surface area contributed by atoms with Crippen LogP contribution in [0.1, 0.15) is 40.9 Å². The van der Waals surface area contributed by atoms with Crippen LogP contribution in [-0.4, -0.2) is 51.3 Å². The van der Waals surface area contributed by atoms with Crippen molar-refractivity contribution in [2.24, 2.45) is 5.73 Å². The van der Waals surface area contributed by atoms with Crippen molar-refractivity contribution in [2.45, 2.75) is 38.3 Å². The van der Waals surface area contributed by atoms with Crippen LogP contribution in [0, 0.1) is 0 Å². The first-order valence-corrected chi connectivity index (χ1v) is 10.2. The van der Waals surface area contributed by atoms with Crippen molar-refractivity contribution in [1.82, 2.24) is 19.7 Å². The Balaban J connectivity index is 1.37. The van der Waals surface area contributed by atoms with E-state index in [9.17, 15) is 4.79 Å². The van der Waals surface area contributed by atoms with Crippen molar-refractivity contribution in [3.05, 3.63) is 53.3 Å². The summed E-state index contributed by atoms with van der Waals surface area (Å²) in [5.41, 5.74) is 9.48. The second-order valence-electron chi connectivity index (χ2n) is 7.96. The van der Waals surface area contributed by atoms with Crippen molar-refractivity contribution >= 4 is 16.9 Å². The molecule has 0 aliphatic carbocycles. The molecule has 0 saturated carbocycles. The molecule has 0 unspecified atom stereocenters. The second-order valence-corrected chi connectivity index (χ2v) is 7.96. The Morgan fingerprint density at radius 3 is 3.10 bits per heavy atom. The number of amides is 1. The van der Waals surface area contributed by atoms with Gasteiger partial charge in [0.2, 0.25) is 0 Å². The topological polar surface area (TPSA) is 86.3 Å². The van der Waals surface area contributed by atoms with Gasteiger partial charge >= 0.3 is 0 Å². The second kappa shape index (κ2) is 7.15. The Hall–Kier alpha value is -2.93. The van der Waals surface area contributed by atoms with Gasteiger partial charge in [0.1, 0.15) is 11.9 Å². The summed E-state index contributed by atoms with van der Waals surface area (Å²) in [5, 5.41) is 5.86. The SMILES string of the molecule is C[C@@H]1Cc2cc(C(=O)N3CC[C@H](c4nn(CCN)c5ncccc45)C3)ccc2O1. The molecule has 7 nitrogen and oxygen atoms in total. The van der Waals surface area contributed by atoms with Gasteiger partial charge in [-0.15, -0.1) is 0 Å². The number of rotatable bonds is 4. The molecule has 29 heavy (non-hydrogen) atoms. The van der Waals surface area contributed by atoms with E-state index < -0.39 is 0 Å². The van der Waals surface area contributed by atoms with E-state index in [1.807, 2.05) is 33.8 Å². The number of benzene rings is 1. The first kappa shape index (κ1) is 18.1. The average molecular weight is 391 g/mol. The number of pyridine rings is 1. The van der Waals surface area contributed by atoms with Gasteiger partial charge in [-0.1, -0.05) is 0 Å². The summed E-state index contributed by atoms with van der Waals surface area (Å²) in [7, 11) is 0. The maximum absolute atomic E-state index is 13.1. The molecule has 2 N–H and O–H groups in total. The zero-order chi connectivity index (χ0) is 20.0. The van der Waals surface area contributed by atoms with E-state index in [1.165, 1.54) is 0 Å². The Bertz CT molecular complexity index is 1080. The van der Waals surface area contributed by atoms with Crippen LogP contribution in [0.3, 0.4) is 0 Å². The molecule has 2 aliphatic heterocycles. The zero-order valence-corrected chi connectivity index (χ0v) is 16.5. The van der Waals surface area contributed by atoms with Crippen LogP contribution in [0.25, 0.3) is 11.0 Å². The molecule has 150 valence electrons. The lowest BCUT2D eigenvalue weighted by atomic mass is 10.0. The highest BCUT2D eigenvalue weighted by atomic mass is 16.5. The monoisotopic (exact) mass is 391 g/mol. The predicted molar refractivity (Wildman–Crippen MR) is 110 cm³/mol. The molecule has 1 amide bonds. The fraction of sp³-hybridized carbons (Fsp3) is 0.409. The summed E-state index contributed by atoms with van der Waals surface area (Å²) in [5.74, 6) is 1.19. The van der Waals surface area contributed by atoms with Gasteiger partial charge in [0.15, 0.2) is 5.65 Å². The van der Waals surface area contributed by atoms with E-state index in [2.05, 4.69) is 18.0 Å². The van der Waals surface area contributed by atoms with Crippen molar-refractivity contribution in [2.75, 3.05) is 19.6 Å². The Morgan fingerprint density at radius 1 is 1.34 bits per heavy atom. The van der Waals surface area contributed by atoms with Crippen LogP contribution in [0.2, 0.25) is 0 Å². The van der Waals surface area contributed by atoms with Gasteiger partial charge in [-0.2, -0.15) is 5.10 Å². The Morgan fingerprint density at radius 2 is 2.24 bits per heavy atom. The lowest BCUT2D eigenvalue weighted by Crippen LogP contribution is -2.28. The van der Waals surface area contributed by atoms with Crippen LogP contribution in [-0.2, 0) is 13.0 Å². The lowest BCUT2D eigenvalue weighted by molar-refractivity contribution is 0.0790. The summed E-state index contributed by atoms with van der Waals surface area (Å²) in [6.45, 7) is 4.61. The van der Waals surface area contributed by atoms with Crippen molar-refractivity contribution in [3.8, 4) is 5.75 Å². The minimum atomic E-state index is 0.0821. The molecule has 1 aromatic carbocycles. The molecule has 0 radical (unpaired) electrons. The molecule has 5 rings (SSSR count). The third-order valence-electron chi connectivity index (χ3n) is 5.88. The van der Waals surface area contributed by atoms with Crippen molar-refractivity contribution in [1.29, 1.82) is 0 Å². The third-order valence-corrected chi connectivity index (χ3v) is 5.88. The molecule has 0 spiro atoms. The van der Waals surface area contributed by atoms with E-state index in [1.54, 1.807) is 6.20 Å². The zero-order valence-electron chi connectivity index (χ0n) is 16.5.